The minimum atomic E-state index is -0.889. The van der Waals surface area contributed by atoms with E-state index in [0.717, 1.165) is 12.8 Å². The molecule has 0 amide bonds. The van der Waals surface area contributed by atoms with Gasteiger partial charge in [-0.15, -0.1) is 0 Å². The summed E-state index contributed by atoms with van der Waals surface area (Å²) in [5.41, 5.74) is -0.375. The van der Waals surface area contributed by atoms with Crippen molar-refractivity contribution < 1.29 is 18.7 Å². The molecule has 1 aromatic carbocycles. The van der Waals surface area contributed by atoms with Gasteiger partial charge in [0.25, 0.3) is 0 Å². The molecule has 1 aliphatic carbocycles. The lowest BCUT2D eigenvalue weighted by Gasteiger charge is -2.28. The molecule has 0 radical (unpaired) electrons. The predicted octanol–water partition coefficient (Wildman–Crippen LogP) is 2.59. The summed E-state index contributed by atoms with van der Waals surface area (Å²) in [6, 6.07) is 4.89. The van der Waals surface area contributed by atoms with Gasteiger partial charge in [-0.3, -0.25) is 5.32 Å². The van der Waals surface area contributed by atoms with Crippen molar-refractivity contribution in [3.63, 3.8) is 0 Å². The fourth-order valence-electron chi connectivity index (χ4n) is 2.06. The summed E-state index contributed by atoms with van der Waals surface area (Å²) in [5, 5.41) is 3.27. The van der Waals surface area contributed by atoms with Crippen molar-refractivity contribution in [2.24, 2.45) is 0 Å². The number of carbonyl (C=O) groups excluding carboxylic acids is 1. The first-order valence-electron chi connectivity index (χ1n) is 7.28. The van der Waals surface area contributed by atoms with Gasteiger partial charge in [0.15, 0.2) is 0 Å². The summed E-state index contributed by atoms with van der Waals surface area (Å²) in [6.45, 7) is 5.71. The zero-order chi connectivity index (χ0) is 15.5. The van der Waals surface area contributed by atoms with E-state index in [4.69, 9.17) is 9.47 Å². The largest absolute Gasteiger partial charge is 0.491 e. The summed E-state index contributed by atoms with van der Waals surface area (Å²) in [4.78, 5) is 12.1. The van der Waals surface area contributed by atoms with Gasteiger partial charge >= 0.3 is 5.97 Å². The number of ether oxygens (including phenoxy) is 2. The Labute approximate surface area is 124 Å². The molecular formula is C16H22FNO3. The molecule has 5 heteroatoms. The molecule has 1 fully saturated rings. The maximum Gasteiger partial charge on any atom is 0.329 e. The second-order valence-electron chi connectivity index (χ2n) is 5.67. The van der Waals surface area contributed by atoms with E-state index in [1.54, 1.807) is 32.9 Å². The SMILES string of the molecule is CCOC(=O)C(C)(COc1ccc(F)c(C)c1)NC1CC1. The van der Waals surface area contributed by atoms with Crippen molar-refractivity contribution in [1.29, 1.82) is 0 Å². The van der Waals surface area contributed by atoms with E-state index in [1.807, 2.05) is 0 Å². The maximum atomic E-state index is 13.2. The van der Waals surface area contributed by atoms with Crippen LogP contribution in [0.4, 0.5) is 4.39 Å². The lowest BCUT2D eigenvalue weighted by molar-refractivity contribution is -0.152. The smallest absolute Gasteiger partial charge is 0.329 e. The molecular weight excluding hydrogens is 273 g/mol. The zero-order valence-electron chi connectivity index (χ0n) is 12.7. The molecule has 0 heterocycles. The third kappa shape index (κ3) is 4.17. The second-order valence-corrected chi connectivity index (χ2v) is 5.67. The number of nitrogens with one attached hydrogen (secondary N) is 1. The Hall–Kier alpha value is -1.62. The van der Waals surface area contributed by atoms with Crippen LogP contribution in [0.5, 0.6) is 5.75 Å². The molecule has 21 heavy (non-hydrogen) atoms. The Morgan fingerprint density at radius 3 is 2.76 bits per heavy atom. The minimum Gasteiger partial charge on any atom is -0.491 e. The normalized spacial score (nSPS) is 17.1. The van der Waals surface area contributed by atoms with Crippen molar-refractivity contribution in [1.82, 2.24) is 5.32 Å². The number of carbonyl (C=O) groups is 1. The number of aryl methyl sites for hydroxylation is 1. The van der Waals surface area contributed by atoms with Crippen LogP contribution in [0.3, 0.4) is 0 Å². The lowest BCUT2D eigenvalue weighted by atomic mass is 10.0. The van der Waals surface area contributed by atoms with Crippen molar-refractivity contribution in [2.75, 3.05) is 13.2 Å². The Morgan fingerprint density at radius 2 is 2.19 bits per heavy atom. The molecule has 1 N–H and O–H groups in total. The fraction of sp³-hybridized carbons (Fsp3) is 0.562. The minimum absolute atomic E-state index is 0.146. The standard InChI is InChI=1S/C16H22FNO3/c1-4-20-15(19)16(3,18-12-5-6-12)10-21-13-7-8-14(17)11(2)9-13/h7-9,12,18H,4-6,10H2,1-3H3. The van der Waals surface area contributed by atoms with Crippen LogP contribution in [0.15, 0.2) is 18.2 Å². The molecule has 2 rings (SSSR count). The van der Waals surface area contributed by atoms with Gasteiger partial charge in [-0.05, 0) is 57.4 Å². The molecule has 0 aliphatic heterocycles. The van der Waals surface area contributed by atoms with Crippen LogP contribution < -0.4 is 10.1 Å². The number of hydrogen-bond acceptors (Lipinski definition) is 4. The Kier molecular flexibility index (Phi) is 4.83. The lowest BCUT2D eigenvalue weighted by Crippen LogP contribution is -2.55. The summed E-state index contributed by atoms with van der Waals surface area (Å²) >= 11 is 0. The van der Waals surface area contributed by atoms with E-state index in [-0.39, 0.29) is 18.4 Å². The number of benzene rings is 1. The summed E-state index contributed by atoms with van der Waals surface area (Å²) in [7, 11) is 0. The molecule has 0 saturated heterocycles. The quantitative estimate of drug-likeness (QED) is 0.786. The highest BCUT2D eigenvalue weighted by Crippen LogP contribution is 2.24. The molecule has 1 aromatic rings. The van der Waals surface area contributed by atoms with Crippen LogP contribution in [0.2, 0.25) is 0 Å². The van der Waals surface area contributed by atoms with Gasteiger partial charge in [0, 0.05) is 6.04 Å². The van der Waals surface area contributed by atoms with E-state index in [0.29, 0.717) is 24.0 Å². The third-order valence-electron chi connectivity index (χ3n) is 3.48. The van der Waals surface area contributed by atoms with Crippen molar-refractivity contribution in [3.8, 4) is 5.75 Å². The van der Waals surface area contributed by atoms with E-state index in [9.17, 15) is 9.18 Å². The summed E-state index contributed by atoms with van der Waals surface area (Å²) in [5.74, 6) is -0.0515. The van der Waals surface area contributed by atoms with E-state index in [2.05, 4.69) is 5.32 Å². The van der Waals surface area contributed by atoms with Gasteiger partial charge in [0.05, 0.1) is 6.61 Å². The van der Waals surface area contributed by atoms with Gasteiger partial charge in [-0.25, -0.2) is 9.18 Å². The van der Waals surface area contributed by atoms with Gasteiger partial charge in [-0.1, -0.05) is 0 Å². The number of esters is 1. The topological polar surface area (TPSA) is 47.6 Å². The van der Waals surface area contributed by atoms with Crippen LogP contribution in [-0.4, -0.2) is 30.8 Å². The number of halogens is 1. The van der Waals surface area contributed by atoms with E-state index < -0.39 is 5.54 Å². The van der Waals surface area contributed by atoms with Crippen LogP contribution in [0, 0.1) is 12.7 Å². The predicted molar refractivity (Wildman–Crippen MR) is 77.8 cm³/mol. The monoisotopic (exact) mass is 295 g/mol. The van der Waals surface area contributed by atoms with Gasteiger partial charge in [-0.2, -0.15) is 0 Å². The van der Waals surface area contributed by atoms with Crippen molar-refractivity contribution >= 4 is 5.97 Å². The van der Waals surface area contributed by atoms with E-state index in [1.165, 1.54) is 6.07 Å². The molecule has 1 atom stereocenters. The molecule has 116 valence electrons. The first-order valence-corrected chi connectivity index (χ1v) is 7.28. The van der Waals surface area contributed by atoms with Crippen LogP contribution in [0.1, 0.15) is 32.3 Å². The molecule has 0 bridgehead atoms. The first-order chi connectivity index (χ1) is 9.94. The van der Waals surface area contributed by atoms with Gasteiger partial charge in [0.2, 0.25) is 0 Å². The average molecular weight is 295 g/mol. The number of hydrogen-bond donors (Lipinski definition) is 1. The molecule has 1 saturated carbocycles. The van der Waals surface area contributed by atoms with E-state index >= 15 is 0 Å². The Balaban J connectivity index is 2.03. The van der Waals surface area contributed by atoms with Crippen LogP contribution in [0.25, 0.3) is 0 Å². The number of rotatable bonds is 7. The summed E-state index contributed by atoms with van der Waals surface area (Å²) < 4.78 is 24.0. The zero-order valence-corrected chi connectivity index (χ0v) is 12.7. The van der Waals surface area contributed by atoms with Crippen LogP contribution >= 0.6 is 0 Å². The Morgan fingerprint density at radius 1 is 1.48 bits per heavy atom. The molecule has 4 nitrogen and oxygen atoms in total. The summed E-state index contributed by atoms with van der Waals surface area (Å²) in [6.07, 6.45) is 2.12. The van der Waals surface area contributed by atoms with Crippen molar-refractivity contribution in [3.05, 3.63) is 29.6 Å². The highest BCUT2D eigenvalue weighted by molar-refractivity contribution is 5.80. The molecule has 0 aromatic heterocycles. The van der Waals surface area contributed by atoms with Crippen molar-refractivity contribution in [2.45, 2.75) is 45.2 Å². The maximum absolute atomic E-state index is 13.2. The highest BCUT2D eigenvalue weighted by Gasteiger charge is 2.40. The molecule has 1 aliphatic rings. The Bertz CT molecular complexity index is 516. The molecule has 1 unspecified atom stereocenters. The highest BCUT2D eigenvalue weighted by atomic mass is 19.1. The average Bonchev–Trinajstić information content (AvgIpc) is 3.24. The van der Waals surface area contributed by atoms with Gasteiger partial charge < -0.3 is 9.47 Å². The van der Waals surface area contributed by atoms with Crippen LogP contribution in [-0.2, 0) is 9.53 Å². The third-order valence-corrected chi connectivity index (χ3v) is 3.48. The second kappa shape index (κ2) is 6.43. The van der Waals surface area contributed by atoms with Gasteiger partial charge in [0.1, 0.15) is 23.7 Å². The first kappa shape index (κ1) is 15.8. The fourth-order valence-corrected chi connectivity index (χ4v) is 2.06. The molecule has 0 spiro atoms.